The number of nitrogens with zero attached hydrogens (tertiary/aromatic N) is 1. The topological polar surface area (TPSA) is 71.9 Å². The highest BCUT2D eigenvalue weighted by Gasteiger charge is 2.42. The summed E-state index contributed by atoms with van der Waals surface area (Å²) in [6, 6.07) is 13.3. The van der Waals surface area contributed by atoms with Gasteiger partial charge in [-0.2, -0.15) is 0 Å². The Morgan fingerprint density at radius 1 is 0.862 bits per heavy atom. The molecule has 0 saturated heterocycles. The zero-order valence-electron chi connectivity index (χ0n) is 15.6. The molecule has 0 amide bonds. The summed E-state index contributed by atoms with van der Waals surface area (Å²) in [5.74, 6) is -2.60. The fourth-order valence-corrected chi connectivity index (χ4v) is 3.54. The average molecular weight is 392 g/mol. The average Bonchev–Trinajstić information content (AvgIpc) is 3.29. The SMILES string of the molecule is Cc1ccc(C(c2ccc(C)n2B(F)F)=c2ccc(=C3C(=O)C(=O)C3=O)cc2)[nH]1. The maximum absolute atomic E-state index is 13.7. The van der Waals surface area contributed by atoms with Crippen molar-refractivity contribution < 1.29 is 23.0 Å². The number of ketones is 3. The summed E-state index contributed by atoms with van der Waals surface area (Å²) in [6.07, 6.45) is 0. The van der Waals surface area contributed by atoms with Crippen LogP contribution in [-0.4, -0.2) is 34.2 Å². The predicted octanol–water partition coefficient (Wildman–Crippen LogP) is 1.32. The summed E-state index contributed by atoms with van der Waals surface area (Å²) < 4.78 is 28.3. The van der Waals surface area contributed by atoms with E-state index < -0.39 is 24.8 Å². The normalized spacial score (nSPS) is 13.7. The van der Waals surface area contributed by atoms with Crippen LogP contribution in [0.15, 0.2) is 48.5 Å². The number of aromatic amines is 1. The van der Waals surface area contributed by atoms with Gasteiger partial charge in [-0.15, -0.1) is 0 Å². The number of hydrogen-bond donors (Lipinski definition) is 1. The summed E-state index contributed by atoms with van der Waals surface area (Å²) in [6.45, 7) is 3.47. The zero-order valence-corrected chi connectivity index (χ0v) is 15.6. The minimum Gasteiger partial charge on any atom is -0.359 e. The molecule has 3 aromatic rings. The van der Waals surface area contributed by atoms with Crippen LogP contribution in [0.5, 0.6) is 0 Å². The van der Waals surface area contributed by atoms with E-state index in [2.05, 4.69) is 4.98 Å². The highest BCUT2D eigenvalue weighted by molar-refractivity contribution is 6.95. The van der Waals surface area contributed by atoms with E-state index in [1.807, 2.05) is 19.1 Å². The summed E-state index contributed by atoms with van der Waals surface area (Å²) in [4.78, 5) is 37.7. The van der Waals surface area contributed by atoms with Crippen molar-refractivity contribution in [1.82, 2.24) is 9.46 Å². The minimum absolute atomic E-state index is 0.134. The summed E-state index contributed by atoms with van der Waals surface area (Å²) in [7, 11) is -2.71. The molecule has 1 N–H and O–H groups in total. The number of Topliss-reactive ketones (excluding diaryl/α,β-unsaturated/α-hetero) is 3. The number of aromatic nitrogens is 2. The molecule has 1 aliphatic rings. The molecule has 0 bridgehead atoms. The van der Waals surface area contributed by atoms with Crippen molar-refractivity contribution >= 4 is 35.9 Å². The van der Waals surface area contributed by atoms with Gasteiger partial charge in [0.15, 0.2) is 0 Å². The fourth-order valence-electron chi connectivity index (χ4n) is 3.54. The molecule has 5 nitrogen and oxygen atoms in total. The van der Waals surface area contributed by atoms with Gasteiger partial charge in [0.1, 0.15) is 0 Å². The number of H-pyrrole nitrogens is 1. The second-order valence-electron chi connectivity index (χ2n) is 6.88. The van der Waals surface area contributed by atoms with Gasteiger partial charge in [-0.25, -0.2) is 0 Å². The lowest BCUT2D eigenvalue weighted by molar-refractivity contribution is -0.144. The van der Waals surface area contributed by atoms with Gasteiger partial charge in [0.2, 0.25) is 11.6 Å². The molecule has 0 radical (unpaired) electrons. The van der Waals surface area contributed by atoms with Crippen LogP contribution in [0.1, 0.15) is 22.8 Å². The standard InChI is InChI=1S/C21H15BF2N2O3/c1-11-3-9-15(25-11)17(16-10-4-12(2)26(16)22(23)24)13-5-7-14(8-6-13)18-19(27)21(29)20(18)28/h3-10,25H,1-2H3. The van der Waals surface area contributed by atoms with Gasteiger partial charge in [0.25, 0.3) is 5.78 Å². The molecular formula is C21H15BF2N2O3. The number of hydrogen-bond acceptors (Lipinski definition) is 3. The third-order valence-corrected chi connectivity index (χ3v) is 5.00. The number of aryl methyl sites for hydroxylation is 2. The summed E-state index contributed by atoms with van der Waals surface area (Å²) in [5, 5.41) is 0.965. The third-order valence-electron chi connectivity index (χ3n) is 5.00. The number of rotatable bonds is 3. The maximum atomic E-state index is 13.7. The Morgan fingerprint density at radius 3 is 2.07 bits per heavy atom. The zero-order chi connectivity index (χ0) is 20.9. The van der Waals surface area contributed by atoms with E-state index in [0.717, 1.165) is 10.2 Å². The monoisotopic (exact) mass is 392 g/mol. The van der Waals surface area contributed by atoms with Crippen LogP contribution in [0.2, 0.25) is 0 Å². The smallest absolute Gasteiger partial charge is 0.359 e. The molecule has 2 heterocycles. The molecule has 0 atom stereocenters. The van der Waals surface area contributed by atoms with E-state index in [4.69, 9.17) is 0 Å². The van der Waals surface area contributed by atoms with Crippen LogP contribution < -0.4 is 10.4 Å². The lowest BCUT2D eigenvalue weighted by Gasteiger charge is -2.13. The summed E-state index contributed by atoms with van der Waals surface area (Å²) >= 11 is 0. The molecule has 4 rings (SSSR count). The Hall–Kier alpha value is -3.55. The minimum atomic E-state index is -2.71. The molecule has 1 aliphatic carbocycles. The van der Waals surface area contributed by atoms with Crippen molar-refractivity contribution in [2.24, 2.45) is 0 Å². The van der Waals surface area contributed by atoms with Crippen LogP contribution in [0.4, 0.5) is 8.63 Å². The van der Waals surface area contributed by atoms with E-state index in [0.29, 0.717) is 33.1 Å². The maximum Gasteiger partial charge on any atom is 0.677 e. The molecule has 1 aromatic carbocycles. The Labute approximate surface area is 164 Å². The Balaban J connectivity index is 1.99. The van der Waals surface area contributed by atoms with Crippen LogP contribution in [0, 0.1) is 13.8 Å². The summed E-state index contributed by atoms with van der Waals surface area (Å²) in [5.41, 5.74) is 2.73. The van der Waals surface area contributed by atoms with Gasteiger partial charge in [-0.05, 0) is 48.6 Å². The lowest BCUT2D eigenvalue weighted by Crippen LogP contribution is -2.44. The van der Waals surface area contributed by atoms with E-state index >= 15 is 0 Å². The van der Waals surface area contributed by atoms with Gasteiger partial charge < -0.3 is 9.46 Å². The van der Waals surface area contributed by atoms with Gasteiger partial charge in [-0.3, -0.25) is 23.0 Å². The molecule has 1 saturated carbocycles. The first-order valence-electron chi connectivity index (χ1n) is 8.90. The van der Waals surface area contributed by atoms with Crippen LogP contribution in [0.25, 0.3) is 11.1 Å². The second-order valence-corrected chi connectivity index (χ2v) is 6.88. The van der Waals surface area contributed by atoms with Crippen molar-refractivity contribution in [2.45, 2.75) is 13.8 Å². The van der Waals surface area contributed by atoms with Crippen molar-refractivity contribution in [3.63, 3.8) is 0 Å². The largest absolute Gasteiger partial charge is 0.677 e. The van der Waals surface area contributed by atoms with Crippen LogP contribution >= 0.6 is 0 Å². The molecule has 0 unspecified atom stereocenters. The number of carbonyl (C=O) groups is 3. The van der Waals surface area contributed by atoms with Gasteiger partial charge >= 0.3 is 7.40 Å². The lowest BCUT2D eigenvalue weighted by atomic mass is 9.85. The quantitative estimate of drug-likeness (QED) is 0.540. The molecule has 144 valence electrons. The third kappa shape index (κ3) is 2.97. The molecule has 29 heavy (non-hydrogen) atoms. The first kappa shape index (κ1) is 18.8. The highest BCUT2D eigenvalue weighted by Crippen LogP contribution is 2.24. The molecule has 2 aromatic heterocycles. The second kappa shape index (κ2) is 6.81. The number of nitrogens with one attached hydrogen (secondary N) is 1. The van der Waals surface area contributed by atoms with Gasteiger partial charge in [0.05, 0.1) is 5.57 Å². The predicted molar refractivity (Wildman–Crippen MR) is 104 cm³/mol. The van der Waals surface area contributed by atoms with E-state index in [9.17, 15) is 23.0 Å². The van der Waals surface area contributed by atoms with E-state index in [1.54, 1.807) is 43.3 Å². The molecule has 0 spiro atoms. The van der Waals surface area contributed by atoms with Crippen molar-refractivity contribution in [1.29, 1.82) is 0 Å². The molecule has 1 fully saturated rings. The Morgan fingerprint density at radius 2 is 1.52 bits per heavy atom. The Bertz CT molecular complexity index is 1270. The van der Waals surface area contributed by atoms with Gasteiger partial charge in [0, 0.05) is 28.3 Å². The first-order chi connectivity index (χ1) is 13.8. The van der Waals surface area contributed by atoms with Crippen LogP contribution in [0.3, 0.4) is 0 Å². The van der Waals surface area contributed by atoms with E-state index in [1.165, 1.54) is 0 Å². The Kier molecular flexibility index (Phi) is 4.41. The molecule has 8 heteroatoms. The molecular weight excluding hydrogens is 377 g/mol. The first-order valence-corrected chi connectivity index (χ1v) is 8.90. The van der Waals surface area contributed by atoms with Crippen molar-refractivity contribution in [3.8, 4) is 0 Å². The van der Waals surface area contributed by atoms with Crippen molar-refractivity contribution in [2.75, 3.05) is 0 Å². The van der Waals surface area contributed by atoms with Crippen LogP contribution in [-0.2, 0) is 14.4 Å². The molecule has 0 aliphatic heterocycles. The number of benzene rings is 1. The number of halogens is 2. The van der Waals surface area contributed by atoms with E-state index in [-0.39, 0.29) is 5.57 Å². The van der Waals surface area contributed by atoms with Gasteiger partial charge in [-0.1, -0.05) is 24.3 Å². The number of carbonyl (C=O) groups excluding carboxylic acids is 3. The van der Waals surface area contributed by atoms with Crippen molar-refractivity contribution in [3.05, 3.63) is 81.7 Å². The fraction of sp³-hybridized carbons (Fsp3) is 0.0952. The highest BCUT2D eigenvalue weighted by atomic mass is 19.2.